The van der Waals surface area contributed by atoms with Gasteiger partial charge >= 0.3 is 6.03 Å². The van der Waals surface area contributed by atoms with Crippen molar-refractivity contribution < 1.29 is 9.53 Å². The largest absolute Gasteiger partial charge is 0.377 e. The van der Waals surface area contributed by atoms with E-state index in [4.69, 9.17) is 4.74 Å². The Hall–Kier alpha value is -1.56. The fourth-order valence-electron chi connectivity index (χ4n) is 3.64. The number of ether oxygens (including phenoxy) is 1. The van der Waals surface area contributed by atoms with Crippen molar-refractivity contribution in [2.24, 2.45) is 0 Å². The molecule has 1 aromatic rings. The second-order valence-electron chi connectivity index (χ2n) is 6.42. The van der Waals surface area contributed by atoms with Crippen LogP contribution in [0.3, 0.4) is 0 Å². The Morgan fingerprint density at radius 2 is 2.09 bits per heavy atom. The number of H-pyrrole nitrogens is 1. The van der Waals surface area contributed by atoms with Crippen LogP contribution in [-0.4, -0.2) is 46.9 Å². The maximum Gasteiger partial charge on any atom is 0.318 e. The van der Waals surface area contributed by atoms with E-state index in [9.17, 15) is 4.79 Å². The quantitative estimate of drug-likeness (QED) is 0.881. The second-order valence-corrected chi connectivity index (χ2v) is 6.42. The van der Waals surface area contributed by atoms with Gasteiger partial charge in [0, 0.05) is 23.8 Å². The molecular formula is C16H26N4O2. The predicted octanol–water partition coefficient (Wildman–Crippen LogP) is 2.44. The SMILES string of the molecule is Cc1n[nH]c(C)c1C1COCCN1C(=O)NC1CCCCC1. The Bertz CT molecular complexity index is 503. The lowest BCUT2D eigenvalue weighted by Crippen LogP contribution is -2.51. The zero-order valence-electron chi connectivity index (χ0n) is 13.5. The molecule has 0 radical (unpaired) electrons. The average molecular weight is 306 g/mol. The van der Waals surface area contributed by atoms with Crippen molar-refractivity contribution in [3.05, 3.63) is 17.0 Å². The van der Waals surface area contributed by atoms with Gasteiger partial charge in [0.25, 0.3) is 0 Å². The van der Waals surface area contributed by atoms with Gasteiger partial charge in [-0.25, -0.2) is 4.79 Å². The average Bonchev–Trinajstić information content (AvgIpc) is 2.87. The van der Waals surface area contributed by atoms with E-state index in [-0.39, 0.29) is 12.1 Å². The summed E-state index contributed by atoms with van der Waals surface area (Å²) in [6.45, 7) is 5.75. The minimum atomic E-state index is -0.0453. The molecule has 0 aromatic carbocycles. The fraction of sp³-hybridized carbons (Fsp3) is 0.750. The van der Waals surface area contributed by atoms with Gasteiger partial charge in [-0.15, -0.1) is 0 Å². The second kappa shape index (κ2) is 6.69. The standard InChI is InChI=1S/C16H26N4O2/c1-11-15(12(2)19-18-11)14-10-22-9-8-20(14)16(21)17-13-6-4-3-5-7-13/h13-14H,3-10H2,1-2H3,(H,17,21)(H,18,19). The zero-order chi connectivity index (χ0) is 15.5. The number of aryl methyl sites for hydroxylation is 2. The van der Waals surface area contributed by atoms with E-state index in [2.05, 4.69) is 15.5 Å². The molecule has 1 atom stereocenters. The van der Waals surface area contributed by atoms with Crippen molar-refractivity contribution in [3.8, 4) is 0 Å². The van der Waals surface area contributed by atoms with E-state index in [0.717, 1.165) is 29.8 Å². The Balaban J connectivity index is 1.73. The number of rotatable bonds is 2. The lowest BCUT2D eigenvalue weighted by molar-refractivity contribution is 0.0104. The maximum absolute atomic E-state index is 12.7. The molecule has 1 saturated carbocycles. The minimum absolute atomic E-state index is 0.0419. The molecule has 2 heterocycles. The summed E-state index contributed by atoms with van der Waals surface area (Å²) in [5.74, 6) is 0. The van der Waals surface area contributed by atoms with Crippen LogP contribution in [0.4, 0.5) is 4.79 Å². The molecule has 6 nitrogen and oxygen atoms in total. The normalized spacial score (nSPS) is 23.5. The molecule has 1 saturated heterocycles. The Morgan fingerprint density at radius 3 is 2.77 bits per heavy atom. The lowest BCUT2D eigenvalue weighted by Gasteiger charge is -2.37. The van der Waals surface area contributed by atoms with Crippen molar-refractivity contribution in [1.82, 2.24) is 20.4 Å². The molecule has 2 N–H and O–H groups in total. The van der Waals surface area contributed by atoms with Crippen LogP contribution >= 0.6 is 0 Å². The number of amides is 2. The van der Waals surface area contributed by atoms with Crippen molar-refractivity contribution in [1.29, 1.82) is 0 Å². The topological polar surface area (TPSA) is 70.2 Å². The van der Waals surface area contributed by atoms with Gasteiger partial charge in [0.05, 0.1) is 24.9 Å². The van der Waals surface area contributed by atoms with Gasteiger partial charge < -0.3 is 15.0 Å². The number of hydrogen-bond acceptors (Lipinski definition) is 3. The molecule has 2 aliphatic rings. The summed E-state index contributed by atoms with van der Waals surface area (Å²) in [7, 11) is 0. The molecule has 22 heavy (non-hydrogen) atoms. The highest BCUT2D eigenvalue weighted by atomic mass is 16.5. The molecule has 2 amide bonds. The van der Waals surface area contributed by atoms with Gasteiger partial charge in [-0.05, 0) is 26.7 Å². The van der Waals surface area contributed by atoms with Gasteiger partial charge in [-0.3, -0.25) is 5.10 Å². The van der Waals surface area contributed by atoms with Crippen LogP contribution in [0.25, 0.3) is 0 Å². The van der Waals surface area contributed by atoms with E-state index in [1.54, 1.807) is 0 Å². The van der Waals surface area contributed by atoms with Crippen molar-refractivity contribution >= 4 is 6.03 Å². The highest BCUT2D eigenvalue weighted by Gasteiger charge is 2.32. The zero-order valence-corrected chi connectivity index (χ0v) is 13.5. The molecule has 0 bridgehead atoms. The van der Waals surface area contributed by atoms with E-state index < -0.39 is 0 Å². The number of hydrogen-bond donors (Lipinski definition) is 2. The number of carbonyl (C=O) groups is 1. The Kier molecular flexibility index (Phi) is 4.66. The fourth-order valence-corrected chi connectivity index (χ4v) is 3.64. The van der Waals surface area contributed by atoms with Crippen LogP contribution in [-0.2, 0) is 4.74 Å². The Labute approximate surface area is 131 Å². The van der Waals surface area contributed by atoms with Crippen LogP contribution < -0.4 is 5.32 Å². The lowest BCUT2D eigenvalue weighted by atomic mass is 9.95. The summed E-state index contributed by atoms with van der Waals surface area (Å²) in [5, 5.41) is 10.5. The summed E-state index contributed by atoms with van der Waals surface area (Å²) in [4.78, 5) is 14.6. The summed E-state index contributed by atoms with van der Waals surface area (Å²) >= 11 is 0. The van der Waals surface area contributed by atoms with Gasteiger partial charge in [0.1, 0.15) is 0 Å². The van der Waals surface area contributed by atoms with Gasteiger partial charge in [0.15, 0.2) is 0 Å². The number of carbonyl (C=O) groups excluding carboxylic acids is 1. The molecular weight excluding hydrogens is 280 g/mol. The van der Waals surface area contributed by atoms with Crippen molar-refractivity contribution in [2.45, 2.75) is 58.0 Å². The molecule has 1 unspecified atom stereocenters. The van der Waals surface area contributed by atoms with Gasteiger partial charge in [0.2, 0.25) is 0 Å². The number of nitrogens with one attached hydrogen (secondary N) is 2. The highest BCUT2D eigenvalue weighted by Crippen LogP contribution is 2.28. The smallest absolute Gasteiger partial charge is 0.318 e. The third-order valence-corrected chi connectivity index (χ3v) is 4.84. The van der Waals surface area contributed by atoms with Crippen LogP contribution in [0.2, 0.25) is 0 Å². The van der Waals surface area contributed by atoms with Crippen molar-refractivity contribution in [3.63, 3.8) is 0 Å². The molecule has 122 valence electrons. The van der Waals surface area contributed by atoms with Gasteiger partial charge in [-0.2, -0.15) is 5.10 Å². The molecule has 0 spiro atoms. The number of nitrogens with zero attached hydrogens (tertiary/aromatic N) is 2. The number of aromatic amines is 1. The van der Waals surface area contributed by atoms with E-state index >= 15 is 0 Å². The first-order chi connectivity index (χ1) is 10.7. The van der Waals surface area contributed by atoms with E-state index in [1.807, 2.05) is 18.7 Å². The van der Waals surface area contributed by atoms with Crippen molar-refractivity contribution in [2.75, 3.05) is 19.8 Å². The predicted molar refractivity (Wildman–Crippen MR) is 83.7 cm³/mol. The first kappa shape index (κ1) is 15.3. The first-order valence-corrected chi connectivity index (χ1v) is 8.33. The number of urea groups is 1. The summed E-state index contributed by atoms with van der Waals surface area (Å²) < 4.78 is 5.62. The Morgan fingerprint density at radius 1 is 1.32 bits per heavy atom. The molecule has 3 rings (SSSR count). The molecule has 1 aliphatic heterocycles. The van der Waals surface area contributed by atoms with Crippen LogP contribution in [0.1, 0.15) is 55.1 Å². The van der Waals surface area contributed by atoms with E-state index in [1.165, 1.54) is 19.3 Å². The van der Waals surface area contributed by atoms with Crippen LogP contribution in [0.15, 0.2) is 0 Å². The third-order valence-electron chi connectivity index (χ3n) is 4.84. The number of morpholine rings is 1. The molecule has 2 fully saturated rings. The highest BCUT2D eigenvalue weighted by molar-refractivity contribution is 5.75. The van der Waals surface area contributed by atoms with Crippen LogP contribution in [0, 0.1) is 13.8 Å². The maximum atomic E-state index is 12.7. The minimum Gasteiger partial charge on any atom is -0.377 e. The monoisotopic (exact) mass is 306 g/mol. The summed E-state index contributed by atoms with van der Waals surface area (Å²) in [6, 6.07) is 0.326. The summed E-state index contributed by atoms with van der Waals surface area (Å²) in [6.07, 6.45) is 5.93. The van der Waals surface area contributed by atoms with Gasteiger partial charge in [-0.1, -0.05) is 19.3 Å². The van der Waals surface area contributed by atoms with Crippen LogP contribution in [0.5, 0.6) is 0 Å². The number of aromatic nitrogens is 2. The molecule has 1 aromatic heterocycles. The first-order valence-electron chi connectivity index (χ1n) is 8.33. The molecule has 6 heteroatoms. The third kappa shape index (κ3) is 3.11. The molecule has 1 aliphatic carbocycles. The van der Waals surface area contributed by atoms with E-state index in [0.29, 0.717) is 25.8 Å². The summed E-state index contributed by atoms with van der Waals surface area (Å²) in [5.41, 5.74) is 3.06.